The maximum atomic E-state index is 12.1. The number of pyridine rings is 1. The Hall–Kier alpha value is -2.14. The highest BCUT2D eigenvalue weighted by molar-refractivity contribution is 5.97. The van der Waals surface area contributed by atoms with E-state index in [1.54, 1.807) is 13.0 Å². The Morgan fingerprint density at radius 1 is 1.39 bits per heavy atom. The van der Waals surface area contributed by atoms with Crippen LogP contribution < -0.4 is 4.74 Å². The molecule has 0 spiro atoms. The first-order valence-corrected chi connectivity index (χ1v) is 7.98. The van der Waals surface area contributed by atoms with Gasteiger partial charge in [-0.05, 0) is 37.3 Å². The van der Waals surface area contributed by atoms with Crippen LogP contribution in [0, 0.1) is 0 Å². The molecule has 1 aromatic carbocycles. The van der Waals surface area contributed by atoms with Crippen molar-refractivity contribution in [2.24, 2.45) is 0 Å². The van der Waals surface area contributed by atoms with E-state index in [9.17, 15) is 9.90 Å². The number of esters is 1. The fourth-order valence-corrected chi connectivity index (χ4v) is 3.08. The summed E-state index contributed by atoms with van der Waals surface area (Å²) in [5.74, 6) is 0.280. The quantitative estimate of drug-likeness (QED) is 0.858. The molecular formula is C18H21NO4. The highest BCUT2D eigenvalue weighted by atomic mass is 16.5. The summed E-state index contributed by atoms with van der Waals surface area (Å²) in [4.78, 5) is 16.5. The molecule has 1 fully saturated rings. The van der Waals surface area contributed by atoms with Crippen LogP contribution in [0.25, 0.3) is 10.9 Å². The van der Waals surface area contributed by atoms with Crippen LogP contribution in [0.2, 0.25) is 0 Å². The molecular weight excluding hydrogens is 294 g/mol. The maximum absolute atomic E-state index is 12.1. The van der Waals surface area contributed by atoms with Crippen molar-refractivity contribution < 1.29 is 19.4 Å². The molecule has 2 aromatic rings. The van der Waals surface area contributed by atoms with Gasteiger partial charge in [0.25, 0.3) is 0 Å². The van der Waals surface area contributed by atoms with Crippen molar-refractivity contribution in [3.63, 3.8) is 0 Å². The Bertz CT molecular complexity index is 737. The van der Waals surface area contributed by atoms with Crippen molar-refractivity contribution in [2.75, 3.05) is 13.7 Å². The van der Waals surface area contributed by atoms with E-state index >= 15 is 0 Å². The van der Waals surface area contributed by atoms with Gasteiger partial charge in [-0.3, -0.25) is 0 Å². The number of hydrogen-bond acceptors (Lipinski definition) is 5. The SMILES string of the molecule is CCOC(=O)c1cc2ccc(C3CCC3)c(CO)c2nc1OC. The predicted octanol–water partition coefficient (Wildman–Crippen LogP) is 3.18. The van der Waals surface area contributed by atoms with Crippen molar-refractivity contribution in [1.82, 2.24) is 4.98 Å². The molecule has 0 unspecified atom stereocenters. The molecule has 1 heterocycles. The standard InChI is InChI=1S/C18H21NO4/c1-3-23-18(21)14-9-12-7-8-13(11-5-4-6-11)15(10-20)16(12)19-17(14)22-2/h7-9,11,20H,3-6,10H2,1-2H3. The van der Waals surface area contributed by atoms with Crippen molar-refractivity contribution in [2.45, 2.75) is 38.7 Å². The molecule has 0 atom stereocenters. The molecule has 0 bridgehead atoms. The van der Waals surface area contributed by atoms with Gasteiger partial charge in [0.2, 0.25) is 5.88 Å². The molecule has 0 saturated heterocycles. The van der Waals surface area contributed by atoms with E-state index in [0.717, 1.165) is 29.4 Å². The number of fused-ring (bicyclic) bond motifs is 1. The largest absolute Gasteiger partial charge is 0.480 e. The summed E-state index contributed by atoms with van der Waals surface area (Å²) < 4.78 is 10.3. The minimum atomic E-state index is -0.452. The Kier molecular flexibility index (Phi) is 4.48. The summed E-state index contributed by atoms with van der Waals surface area (Å²) >= 11 is 0. The first-order chi connectivity index (χ1) is 11.2. The molecule has 0 amide bonds. The highest BCUT2D eigenvalue weighted by Crippen LogP contribution is 2.40. The van der Waals surface area contributed by atoms with Crippen LogP contribution in [0.4, 0.5) is 0 Å². The lowest BCUT2D eigenvalue weighted by Crippen LogP contribution is -2.13. The summed E-state index contributed by atoms with van der Waals surface area (Å²) in [6.45, 7) is 1.98. The summed E-state index contributed by atoms with van der Waals surface area (Å²) in [5, 5.41) is 10.6. The summed E-state index contributed by atoms with van der Waals surface area (Å²) in [5.41, 5.74) is 2.99. The lowest BCUT2D eigenvalue weighted by atomic mass is 9.78. The Labute approximate surface area is 135 Å². The van der Waals surface area contributed by atoms with Gasteiger partial charge in [-0.25, -0.2) is 9.78 Å². The third-order valence-electron chi connectivity index (χ3n) is 4.49. The molecule has 5 heteroatoms. The van der Waals surface area contributed by atoms with E-state index in [1.807, 2.05) is 12.1 Å². The van der Waals surface area contributed by atoms with Crippen LogP contribution in [-0.4, -0.2) is 29.8 Å². The number of carbonyl (C=O) groups excluding carboxylic acids is 1. The van der Waals surface area contributed by atoms with Crippen LogP contribution in [0.15, 0.2) is 18.2 Å². The Morgan fingerprint density at radius 2 is 2.17 bits per heavy atom. The molecule has 1 N–H and O–H groups in total. The van der Waals surface area contributed by atoms with Crippen molar-refractivity contribution in [1.29, 1.82) is 0 Å². The molecule has 1 aromatic heterocycles. The molecule has 23 heavy (non-hydrogen) atoms. The molecule has 3 rings (SSSR count). The van der Waals surface area contributed by atoms with Gasteiger partial charge >= 0.3 is 5.97 Å². The molecule has 1 aliphatic rings. The second-order valence-electron chi connectivity index (χ2n) is 5.76. The average molecular weight is 315 g/mol. The van der Waals surface area contributed by atoms with Crippen molar-refractivity contribution in [3.05, 3.63) is 34.9 Å². The average Bonchev–Trinajstić information content (AvgIpc) is 2.52. The summed E-state index contributed by atoms with van der Waals surface area (Å²) in [6, 6.07) is 5.72. The van der Waals surface area contributed by atoms with Gasteiger partial charge in [0.15, 0.2) is 0 Å². The number of aliphatic hydroxyl groups excluding tert-OH is 1. The van der Waals surface area contributed by atoms with Gasteiger partial charge in [0, 0.05) is 10.9 Å². The predicted molar refractivity (Wildman–Crippen MR) is 86.8 cm³/mol. The fraction of sp³-hybridized carbons (Fsp3) is 0.444. The van der Waals surface area contributed by atoms with E-state index in [2.05, 4.69) is 4.98 Å². The van der Waals surface area contributed by atoms with E-state index in [-0.39, 0.29) is 12.5 Å². The lowest BCUT2D eigenvalue weighted by Gasteiger charge is -2.28. The minimum Gasteiger partial charge on any atom is -0.480 e. The second kappa shape index (κ2) is 6.54. The number of methoxy groups -OCH3 is 1. The Morgan fingerprint density at radius 3 is 2.74 bits per heavy atom. The number of rotatable bonds is 5. The van der Waals surface area contributed by atoms with Crippen LogP contribution in [0.3, 0.4) is 0 Å². The highest BCUT2D eigenvalue weighted by Gasteiger charge is 2.24. The zero-order chi connectivity index (χ0) is 16.4. The number of ether oxygens (including phenoxy) is 2. The second-order valence-corrected chi connectivity index (χ2v) is 5.76. The number of benzene rings is 1. The van der Waals surface area contributed by atoms with Crippen LogP contribution >= 0.6 is 0 Å². The zero-order valence-corrected chi connectivity index (χ0v) is 13.5. The number of aliphatic hydroxyl groups is 1. The third-order valence-corrected chi connectivity index (χ3v) is 4.49. The van der Waals surface area contributed by atoms with Crippen molar-refractivity contribution in [3.8, 4) is 5.88 Å². The molecule has 0 radical (unpaired) electrons. The van der Waals surface area contributed by atoms with Gasteiger partial charge in [-0.1, -0.05) is 18.6 Å². The molecule has 122 valence electrons. The van der Waals surface area contributed by atoms with Gasteiger partial charge in [0.1, 0.15) is 5.56 Å². The van der Waals surface area contributed by atoms with E-state index in [4.69, 9.17) is 9.47 Å². The number of nitrogens with zero attached hydrogens (tertiary/aromatic N) is 1. The van der Waals surface area contributed by atoms with Crippen LogP contribution in [0.5, 0.6) is 5.88 Å². The number of aromatic nitrogens is 1. The number of carbonyl (C=O) groups is 1. The van der Waals surface area contributed by atoms with Gasteiger partial charge in [-0.2, -0.15) is 0 Å². The molecule has 1 saturated carbocycles. The Balaban J connectivity index is 2.16. The molecule has 5 nitrogen and oxygen atoms in total. The summed E-state index contributed by atoms with van der Waals surface area (Å²) in [7, 11) is 1.48. The monoisotopic (exact) mass is 315 g/mol. The van der Waals surface area contributed by atoms with Crippen LogP contribution in [-0.2, 0) is 11.3 Å². The summed E-state index contributed by atoms with van der Waals surface area (Å²) in [6.07, 6.45) is 3.53. The zero-order valence-electron chi connectivity index (χ0n) is 13.5. The van der Waals surface area contributed by atoms with Gasteiger partial charge in [0.05, 0.1) is 25.8 Å². The normalized spacial score (nSPS) is 14.6. The number of hydrogen-bond donors (Lipinski definition) is 1. The van der Waals surface area contributed by atoms with E-state index in [0.29, 0.717) is 23.6 Å². The van der Waals surface area contributed by atoms with E-state index in [1.165, 1.54) is 13.5 Å². The minimum absolute atomic E-state index is 0.0713. The molecule has 1 aliphatic carbocycles. The lowest BCUT2D eigenvalue weighted by molar-refractivity contribution is 0.0522. The fourth-order valence-electron chi connectivity index (χ4n) is 3.08. The first-order valence-electron chi connectivity index (χ1n) is 7.98. The third kappa shape index (κ3) is 2.77. The van der Waals surface area contributed by atoms with E-state index < -0.39 is 5.97 Å². The smallest absolute Gasteiger partial charge is 0.343 e. The van der Waals surface area contributed by atoms with Crippen molar-refractivity contribution >= 4 is 16.9 Å². The van der Waals surface area contributed by atoms with Gasteiger partial charge in [-0.15, -0.1) is 0 Å². The topological polar surface area (TPSA) is 68.7 Å². The maximum Gasteiger partial charge on any atom is 0.343 e. The first kappa shape index (κ1) is 15.7. The van der Waals surface area contributed by atoms with Crippen LogP contribution in [0.1, 0.15) is 53.6 Å². The van der Waals surface area contributed by atoms with Gasteiger partial charge < -0.3 is 14.6 Å². The molecule has 0 aliphatic heterocycles.